The lowest BCUT2D eigenvalue weighted by Crippen LogP contribution is -2.40. The Bertz CT molecular complexity index is 287. The van der Waals surface area contributed by atoms with E-state index >= 15 is 0 Å². The van der Waals surface area contributed by atoms with Gasteiger partial charge in [-0.2, -0.15) is 0 Å². The molecule has 2 fully saturated rings. The van der Waals surface area contributed by atoms with Crippen LogP contribution in [0.2, 0.25) is 0 Å². The Morgan fingerprint density at radius 1 is 0.929 bits per heavy atom. The van der Waals surface area contributed by atoms with Gasteiger partial charge >= 0.3 is 0 Å². The molecule has 1 heteroatoms. The lowest BCUT2D eigenvalue weighted by atomic mass is 9.68. The van der Waals surface area contributed by atoms with Gasteiger partial charge in [-0.15, -0.1) is 0 Å². The van der Waals surface area contributed by atoms with Crippen molar-refractivity contribution in [2.45, 2.75) is 37.6 Å². The second kappa shape index (κ2) is 3.08. The van der Waals surface area contributed by atoms with E-state index in [1.165, 1.54) is 32.1 Å². The Kier molecular flexibility index (Phi) is 1.86. The first-order chi connectivity index (χ1) is 6.92. The molecule has 0 amide bonds. The van der Waals surface area contributed by atoms with Crippen molar-refractivity contribution >= 4 is 6.21 Å². The van der Waals surface area contributed by atoms with Crippen LogP contribution >= 0.6 is 0 Å². The molecule has 0 aromatic carbocycles. The Morgan fingerprint density at radius 3 is 2.36 bits per heavy atom. The molecule has 1 heterocycles. The van der Waals surface area contributed by atoms with Gasteiger partial charge in [-0.05, 0) is 43.6 Å². The SMILES string of the molecule is C1=CC=NC(C2CCC2)(C2CC2)C=C1. The van der Waals surface area contributed by atoms with E-state index in [0.717, 1.165) is 11.8 Å². The zero-order chi connectivity index (χ0) is 9.43. The first-order valence-electron chi connectivity index (χ1n) is 5.81. The summed E-state index contributed by atoms with van der Waals surface area (Å²) in [6.07, 6.45) is 17.7. The topological polar surface area (TPSA) is 12.4 Å². The predicted octanol–water partition coefficient (Wildman–Crippen LogP) is 3.13. The van der Waals surface area contributed by atoms with Crippen molar-refractivity contribution in [3.05, 3.63) is 24.3 Å². The van der Waals surface area contributed by atoms with Crippen LogP contribution < -0.4 is 0 Å². The molecule has 74 valence electrons. The van der Waals surface area contributed by atoms with Crippen LogP contribution in [0, 0.1) is 11.8 Å². The van der Waals surface area contributed by atoms with Crippen molar-refractivity contribution in [1.29, 1.82) is 0 Å². The Labute approximate surface area is 85.6 Å². The predicted molar refractivity (Wildman–Crippen MR) is 59.6 cm³/mol. The third-order valence-electron chi connectivity index (χ3n) is 3.96. The minimum absolute atomic E-state index is 0.196. The minimum Gasteiger partial charge on any atom is -0.282 e. The van der Waals surface area contributed by atoms with Crippen LogP contribution in [0.4, 0.5) is 0 Å². The number of allylic oxidation sites excluding steroid dienone is 3. The highest BCUT2D eigenvalue weighted by Crippen LogP contribution is 2.52. The van der Waals surface area contributed by atoms with Gasteiger partial charge in [0.15, 0.2) is 0 Å². The number of rotatable bonds is 2. The third-order valence-corrected chi connectivity index (χ3v) is 3.96. The van der Waals surface area contributed by atoms with Crippen LogP contribution in [-0.2, 0) is 0 Å². The van der Waals surface area contributed by atoms with Crippen molar-refractivity contribution in [2.75, 3.05) is 0 Å². The van der Waals surface area contributed by atoms with E-state index in [-0.39, 0.29) is 5.54 Å². The fourth-order valence-corrected chi connectivity index (χ4v) is 2.77. The molecule has 14 heavy (non-hydrogen) atoms. The Balaban J connectivity index is 1.93. The van der Waals surface area contributed by atoms with E-state index < -0.39 is 0 Å². The summed E-state index contributed by atoms with van der Waals surface area (Å²) < 4.78 is 0. The first kappa shape index (κ1) is 8.46. The summed E-state index contributed by atoms with van der Waals surface area (Å²) in [5.74, 6) is 1.68. The maximum Gasteiger partial charge on any atom is 0.0846 e. The maximum absolute atomic E-state index is 4.84. The molecule has 1 aliphatic heterocycles. The van der Waals surface area contributed by atoms with Gasteiger partial charge in [0.2, 0.25) is 0 Å². The summed E-state index contributed by atoms with van der Waals surface area (Å²) in [5, 5.41) is 0. The molecule has 0 radical (unpaired) electrons. The molecule has 0 spiro atoms. The highest BCUT2D eigenvalue weighted by atomic mass is 14.9. The molecule has 0 saturated heterocycles. The zero-order valence-corrected chi connectivity index (χ0v) is 8.52. The first-order valence-corrected chi connectivity index (χ1v) is 5.81. The van der Waals surface area contributed by atoms with Crippen LogP contribution in [0.15, 0.2) is 29.3 Å². The summed E-state index contributed by atoms with van der Waals surface area (Å²) in [6.45, 7) is 0. The van der Waals surface area contributed by atoms with Crippen molar-refractivity contribution in [1.82, 2.24) is 0 Å². The molecule has 1 atom stereocenters. The molecule has 1 nitrogen and oxygen atoms in total. The zero-order valence-electron chi connectivity index (χ0n) is 8.52. The number of hydrogen-bond donors (Lipinski definition) is 0. The summed E-state index contributed by atoms with van der Waals surface area (Å²) in [5.41, 5.74) is 0.196. The minimum atomic E-state index is 0.196. The second-order valence-corrected chi connectivity index (χ2v) is 4.81. The number of nitrogens with zero attached hydrogens (tertiary/aromatic N) is 1. The molecular weight excluding hydrogens is 170 g/mol. The summed E-state index contributed by atoms with van der Waals surface area (Å²) >= 11 is 0. The number of hydrogen-bond acceptors (Lipinski definition) is 1. The van der Waals surface area contributed by atoms with E-state index in [1.807, 2.05) is 6.21 Å². The van der Waals surface area contributed by atoms with Crippen molar-refractivity contribution in [2.24, 2.45) is 16.8 Å². The van der Waals surface area contributed by atoms with E-state index in [1.54, 1.807) is 0 Å². The molecule has 2 saturated carbocycles. The van der Waals surface area contributed by atoms with E-state index in [2.05, 4.69) is 24.3 Å². The molecule has 0 bridgehead atoms. The summed E-state index contributed by atoms with van der Waals surface area (Å²) in [6, 6.07) is 0. The van der Waals surface area contributed by atoms with Crippen LogP contribution in [0.1, 0.15) is 32.1 Å². The van der Waals surface area contributed by atoms with Gasteiger partial charge in [0.05, 0.1) is 5.54 Å². The average molecular weight is 187 g/mol. The van der Waals surface area contributed by atoms with Crippen molar-refractivity contribution in [3.8, 4) is 0 Å². The van der Waals surface area contributed by atoms with E-state index in [0.29, 0.717) is 0 Å². The third kappa shape index (κ3) is 1.18. The average Bonchev–Trinajstić information content (AvgIpc) is 2.87. The second-order valence-electron chi connectivity index (χ2n) is 4.81. The fraction of sp³-hybridized carbons (Fsp3) is 0.615. The van der Waals surface area contributed by atoms with Gasteiger partial charge in [0.25, 0.3) is 0 Å². The Morgan fingerprint density at radius 2 is 1.71 bits per heavy atom. The monoisotopic (exact) mass is 187 g/mol. The van der Waals surface area contributed by atoms with Gasteiger partial charge in [-0.3, -0.25) is 4.99 Å². The molecule has 3 rings (SSSR count). The molecule has 0 N–H and O–H groups in total. The molecule has 0 aromatic rings. The molecule has 1 unspecified atom stereocenters. The van der Waals surface area contributed by atoms with Gasteiger partial charge in [0, 0.05) is 6.21 Å². The molecule has 3 aliphatic rings. The van der Waals surface area contributed by atoms with E-state index in [4.69, 9.17) is 4.99 Å². The number of aliphatic imine (C=N–C) groups is 1. The largest absolute Gasteiger partial charge is 0.282 e. The van der Waals surface area contributed by atoms with Gasteiger partial charge in [-0.1, -0.05) is 24.6 Å². The van der Waals surface area contributed by atoms with Gasteiger partial charge in [0.1, 0.15) is 0 Å². The van der Waals surface area contributed by atoms with E-state index in [9.17, 15) is 0 Å². The standard InChI is InChI=1S/C13H17N/c1-2-9-13(12-7-8-12,14-10-3-1)11-5-4-6-11/h1-3,9-12H,4-8H2. The van der Waals surface area contributed by atoms with Gasteiger partial charge in [-0.25, -0.2) is 0 Å². The lowest BCUT2D eigenvalue weighted by molar-refractivity contribution is 0.188. The highest BCUT2D eigenvalue weighted by Gasteiger charge is 2.50. The quantitative estimate of drug-likeness (QED) is 0.629. The fourth-order valence-electron chi connectivity index (χ4n) is 2.77. The van der Waals surface area contributed by atoms with Crippen molar-refractivity contribution in [3.63, 3.8) is 0 Å². The van der Waals surface area contributed by atoms with Crippen LogP contribution in [0.25, 0.3) is 0 Å². The maximum atomic E-state index is 4.84. The highest BCUT2D eigenvalue weighted by molar-refractivity contribution is 5.73. The smallest absolute Gasteiger partial charge is 0.0846 e. The van der Waals surface area contributed by atoms with Crippen LogP contribution in [-0.4, -0.2) is 11.8 Å². The van der Waals surface area contributed by atoms with Crippen LogP contribution in [0.3, 0.4) is 0 Å². The summed E-state index contributed by atoms with van der Waals surface area (Å²) in [7, 11) is 0. The molecular formula is C13H17N. The molecule has 0 aromatic heterocycles. The lowest BCUT2D eigenvalue weighted by Gasteiger charge is -2.41. The van der Waals surface area contributed by atoms with Crippen molar-refractivity contribution < 1.29 is 0 Å². The summed E-state index contributed by atoms with van der Waals surface area (Å²) in [4.78, 5) is 4.84. The van der Waals surface area contributed by atoms with Crippen LogP contribution in [0.5, 0.6) is 0 Å². The Hall–Kier alpha value is -0.850. The van der Waals surface area contributed by atoms with Gasteiger partial charge < -0.3 is 0 Å². The normalized spacial score (nSPS) is 36.9. The molecule has 2 aliphatic carbocycles.